The van der Waals surface area contributed by atoms with Crippen LogP contribution in [0.2, 0.25) is 0 Å². The summed E-state index contributed by atoms with van der Waals surface area (Å²) in [5.41, 5.74) is 6.48. The zero-order chi connectivity index (χ0) is 13.2. The van der Waals surface area contributed by atoms with Crippen molar-refractivity contribution in [1.82, 2.24) is 20.1 Å². The van der Waals surface area contributed by atoms with Crippen LogP contribution in [0, 0.1) is 5.82 Å². The van der Waals surface area contributed by atoms with Crippen molar-refractivity contribution < 1.29 is 8.91 Å². The van der Waals surface area contributed by atoms with Crippen LogP contribution in [0.15, 0.2) is 41.3 Å². The van der Waals surface area contributed by atoms with Crippen molar-refractivity contribution in [3.8, 4) is 23.0 Å². The lowest BCUT2D eigenvalue weighted by Crippen LogP contribution is -1.94. The van der Waals surface area contributed by atoms with Crippen LogP contribution in [0.3, 0.4) is 0 Å². The van der Waals surface area contributed by atoms with Crippen molar-refractivity contribution in [3.63, 3.8) is 0 Å². The summed E-state index contributed by atoms with van der Waals surface area (Å²) in [7, 11) is 0. The van der Waals surface area contributed by atoms with Gasteiger partial charge in [-0.1, -0.05) is 11.2 Å². The predicted octanol–water partition coefficient (Wildman–Crippen LogP) is 1.91. The molecule has 94 valence electrons. The summed E-state index contributed by atoms with van der Waals surface area (Å²) in [5.74, 6) is -0.0917. The number of halogens is 1. The SMILES string of the molecule is Nc1c(F)cccc1-c1nc(-c2ccncn2)no1. The first-order chi connectivity index (χ1) is 9.25. The molecular formula is C12H8FN5O. The molecule has 0 bridgehead atoms. The Kier molecular flexibility index (Phi) is 2.64. The first-order valence-electron chi connectivity index (χ1n) is 5.40. The standard InChI is InChI=1S/C12H8FN5O/c13-8-3-1-2-7(10(8)14)12-17-11(18-19-12)9-4-5-15-6-16-9/h1-6H,14H2. The van der Waals surface area contributed by atoms with Gasteiger partial charge in [-0.25, -0.2) is 14.4 Å². The summed E-state index contributed by atoms with van der Waals surface area (Å²) in [5, 5.41) is 3.78. The van der Waals surface area contributed by atoms with E-state index >= 15 is 0 Å². The van der Waals surface area contributed by atoms with Gasteiger partial charge in [0.2, 0.25) is 5.82 Å². The minimum atomic E-state index is -0.528. The normalized spacial score (nSPS) is 10.6. The van der Waals surface area contributed by atoms with E-state index < -0.39 is 5.82 Å². The molecule has 3 aromatic rings. The quantitative estimate of drug-likeness (QED) is 0.705. The fraction of sp³-hybridized carbons (Fsp3) is 0. The van der Waals surface area contributed by atoms with E-state index in [2.05, 4.69) is 20.1 Å². The largest absolute Gasteiger partial charge is 0.396 e. The molecule has 0 saturated heterocycles. The lowest BCUT2D eigenvalue weighted by Gasteiger charge is -2.00. The van der Waals surface area contributed by atoms with Crippen LogP contribution in [0.4, 0.5) is 10.1 Å². The molecule has 19 heavy (non-hydrogen) atoms. The van der Waals surface area contributed by atoms with Crippen molar-refractivity contribution in [2.45, 2.75) is 0 Å². The maximum absolute atomic E-state index is 13.4. The summed E-state index contributed by atoms with van der Waals surface area (Å²) in [6, 6.07) is 6.04. The van der Waals surface area contributed by atoms with E-state index in [-0.39, 0.29) is 11.6 Å². The monoisotopic (exact) mass is 257 g/mol. The topological polar surface area (TPSA) is 90.7 Å². The Morgan fingerprint density at radius 3 is 2.89 bits per heavy atom. The molecule has 2 heterocycles. The molecule has 7 heteroatoms. The van der Waals surface area contributed by atoms with Gasteiger partial charge >= 0.3 is 0 Å². The molecule has 0 unspecified atom stereocenters. The van der Waals surface area contributed by atoms with Crippen LogP contribution in [-0.4, -0.2) is 20.1 Å². The second kappa shape index (κ2) is 4.45. The minimum absolute atomic E-state index is 0.0274. The van der Waals surface area contributed by atoms with Crippen LogP contribution in [-0.2, 0) is 0 Å². The van der Waals surface area contributed by atoms with Crippen molar-refractivity contribution in [1.29, 1.82) is 0 Å². The maximum atomic E-state index is 13.4. The number of nitrogens with two attached hydrogens (primary N) is 1. The van der Waals surface area contributed by atoms with Crippen LogP contribution in [0.5, 0.6) is 0 Å². The van der Waals surface area contributed by atoms with E-state index in [0.29, 0.717) is 17.1 Å². The number of hydrogen-bond acceptors (Lipinski definition) is 6. The third kappa shape index (κ3) is 2.01. The highest BCUT2D eigenvalue weighted by Gasteiger charge is 2.15. The van der Waals surface area contributed by atoms with Crippen molar-refractivity contribution in [2.24, 2.45) is 0 Å². The summed E-state index contributed by atoms with van der Waals surface area (Å²) < 4.78 is 18.4. The van der Waals surface area contributed by atoms with Gasteiger partial charge in [-0.15, -0.1) is 0 Å². The van der Waals surface area contributed by atoms with Gasteiger partial charge in [0.1, 0.15) is 17.8 Å². The van der Waals surface area contributed by atoms with Crippen LogP contribution in [0.1, 0.15) is 0 Å². The first kappa shape index (κ1) is 11.3. The molecule has 0 spiro atoms. The van der Waals surface area contributed by atoms with Crippen LogP contribution >= 0.6 is 0 Å². The second-order valence-corrected chi connectivity index (χ2v) is 3.72. The molecule has 0 saturated carbocycles. The molecule has 2 N–H and O–H groups in total. The predicted molar refractivity (Wildman–Crippen MR) is 65.1 cm³/mol. The van der Waals surface area contributed by atoms with Crippen molar-refractivity contribution in [3.05, 3.63) is 42.6 Å². The van der Waals surface area contributed by atoms with Gasteiger partial charge in [0, 0.05) is 6.20 Å². The van der Waals surface area contributed by atoms with E-state index in [1.165, 1.54) is 18.5 Å². The van der Waals surface area contributed by atoms with Gasteiger partial charge in [0.15, 0.2) is 0 Å². The summed E-state index contributed by atoms with van der Waals surface area (Å²) in [6.07, 6.45) is 2.94. The van der Waals surface area contributed by atoms with E-state index in [1.54, 1.807) is 18.3 Å². The van der Waals surface area contributed by atoms with E-state index in [1.807, 2.05) is 0 Å². The first-order valence-corrected chi connectivity index (χ1v) is 5.40. The third-order valence-electron chi connectivity index (χ3n) is 2.52. The van der Waals surface area contributed by atoms with Gasteiger partial charge in [-0.05, 0) is 18.2 Å². The highest BCUT2D eigenvalue weighted by Crippen LogP contribution is 2.27. The number of hydrogen-bond donors (Lipinski definition) is 1. The Morgan fingerprint density at radius 1 is 1.21 bits per heavy atom. The van der Waals surface area contributed by atoms with Gasteiger partial charge < -0.3 is 10.3 Å². The van der Waals surface area contributed by atoms with Gasteiger partial charge in [-0.2, -0.15) is 4.98 Å². The average Bonchev–Trinajstić information content (AvgIpc) is 2.92. The molecule has 0 aliphatic carbocycles. The number of nitrogens with zero attached hydrogens (tertiary/aromatic N) is 4. The highest BCUT2D eigenvalue weighted by atomic mass is 19.1. The number of anilines is 1. The smallest absolute Gasteiger partial charge is 0.260 e. The van der Waals surface area contributed by atoms with E-state index in [9.17, 15) is 4.39 Å². The number of rotatable bonds is 2. The molecule has 6 nitrogen and oxygen atoms in total. The molecule has 2 aromatic heterocycles. The summed E-state index contributed by atoms with van der Waals surface area (Å²) in [6.45, 7) is 0. The third-order valence-corrected chi connectivity index (χ3v) is 2.52. The summed E-state index contributed by atoms with van der Waals surface area (Å²) >= 11 is 0. The molecule has 0 radical (unpaired) electrons. The van der Waals surface area contributed by atoms with Crippen molar-refractivity contribution >= 4 is 5.69 Å². The molecule has 0 fully saturated rings. The Balaban J connectivity index is 2.05. The Bertz CT molecular complexity index is 713. The lowest BCUT2D eigenvalue weighted by atomic mass is 10.2. The van der Waals surface area contributed by atoms with Gasteiger partial charge in [0.25, 0.3) is 5.89 Å². The Hall–Kier alpha value is -2.83. The molecule has 0 atom stereocenters. The molecule has 0 amide bonds. The number of para-hydroxylation sites is 1. The number of nitrogen functional groups attached to an aromatic ring is 1. The molecule has 3 rings (SSSR count). The zero-order valence-corrected chi connectivity index (χ0v) is 9.62. The highest BCUT2D eigenvalue weighted by molar-refractivity contribution is 5.71. The van der Waals surface area contributed by atoms with E-state index in [4.69, 9.17) is 10.3 Å². The number of benzene rings is 1. The Labute approximate surface area is 107 Å². The molecule has 0 aliphatic heterocycles. The average molecular weight is 257 g/mol. The Morgan fingerprint density at radius 2 is 2.11 bits per heavy atom. The van der Waals surface area contributed by atoms with Crippen LogP contribution in [0.25, 0.3) is 23.0 Å². The van der Waals surface area contributed by atoms with Gasteiger partial charge in [-0.3, -0.25) is 0 Å². The van der Waals surface area contributed by atoms with Crippen LogP contribution < -0.4 is 5.73 Å². The lowest BCUT2D eigenvalue weighted by molar-refractivity contribution is 0.432. The molecule has 0 aliphatic rings. The molecular weight excluding hydrogens is 249 g/mol. The minimum Gasteiger partial charge on any atom is -0.396 e. The van der Waals surface area contributed by atoms with E-state index in [0.717, 1.165) is 0 Å². The molecule has 1 aromatic carbocycles. The zero-order valence-electron chi connectivity index (χ0n) is 9.62. The fourth-order valence-electron chi connectivity index (χ4n) is 1.58. The maximum Gasteiger partial charge on any atom is 0.260 e. The summed E-state index contributed by atoms with van der Waals surface area (Å²) in [4.78, 5) is 11.9. The van der Waals surface area contributed by atoms with Gasteiger partial charge in [0.05, 0.1) is 11.3 Å². The number of aromatic nitrogens is 4. The van der Waals surface area contributed by atoms with Crippen molar-refractivity contribution in [2.75, 3.05) is 5.73 Å². The second-order valence-electron chi connectivity index (χ2n) is 3.72. The fourth-order valence-corrected chi connectivity index (χ4v) is 1.58.